The lowest BCUT2D eigenvalue weighted by Gasteiger charge is -2.08. The minimum Gasteiger partial charge on any atom is -0.337 e. The fourth-order valence-corrected chi connectivity index (χ4v) is 2.81. The van der Waals surface area contributed by atoms with E-state index in [1.54, 1.807) is 6.20 Å². The average molecular weight is 288 g/mol. The number of rotatable bonds is 3. The maximum absolute atomic E-state index is 4.37. The van der Waals surface area contributed by atoms with Crippen LogP contribution < -0.4 is 5.32 Å². The molecule has 0 amide bonds. The number of pyridine rings is 1. The van der Waals surface area contributed by atoms with Crippen molar-refractivity contribution in [2.45, 2.75) is 13.3 Å². The second kappa shape index (κ2) is 5.15. The van der Waals surface area contributed by atoms with Gasteiger partial charge in [-0.3, -0.25) is 10.1 Å². The summed E-state index contributed by atoms with van der Waals surface area (Å²) in [5.74, 6) is 0.751. The Morgan fingerprint density at radius 3 is 2.95 bits per heavy atom. The number of hydrogen-bond donors (Lipinski definition) is 2. The van der Waals surface area contributed by atoms with Gasteiger partial charge < -0.3 is 5.32 Å². The molecule has 4 aromatic rings. The molecule has 0 fully saturated rings. The highest BCUT2D eigenvalue weighted by atomic mass is 15.2. The van der Waals surface area contributed by atoms with Crippen molar-refractivity contribution in [3.05, 3.63) is 60.3 Å². The van der Waals surface area contributed by atoms with E-state index < -0.39 is 0 Å². The molecule has 0 spiro atoms. The Morgan fingerprint density at radius 1 is 1.09 bits per heavy atom. The molecule has 2 heterocycles. The average Bonchev–Trinajstić information content (AvgIpc) is 2.97. The molecule has 0 atom stereocenters. The van der Waals surface area contributed by atoms with Gasteiger partial charge in [-0.15, -0.1) is 0 Å². The molecule has 0 unspecified atom stereocenters. The SMILES string of the molecule is CCc1cccc2cc(Nc3n[nH]c4cccnc34)ccc12. The van der Waals surface area contributed by atoms with Gasteiger partial charge in [-0.05, 0) is 47.0 Å². The van der Waals surface area contributed by atoms with Crippen molar-refractivity contribution in [2.24, 2.45) is 0 Å². The number of hydrogen-bond acceptors (Lipinski definition) is 3. The Hall–Kier alpha value is -2.88. The largest absolute Gasteiger partial charge is 0.337 e. The van der Waals surface area contributed by atoms with Gasteiger partial charge in [-0.25, -0.2) is 0 Å². The van der Waals surface area contributed by atoms with Crippen LogP contribution in [0.4, 0.5) is 11.5 Å². The molecule has 0 aliphatic carbocycles. The summed E-state index contributed by atoms with van der Waals surface area (Å²) in [5.41, 5.74) is 4.17. The van der Waals surface area contributed by atoms with Crippen LogP contribution in [0.5, 0.6) is 0 Å². The molecule has 0 saturated heterocycles. The van der Waals surface area contributed by atoms with Gasteiger partial charge in [0.2, 0.25) is 0 Å². The minimum atomic E-state index is 0.751. The van der Waals surface area contributed by atoms with E-state index in [0.717, 1.165) is 29.0 Å². The number of nitrogens with zero attached hydrogens (tertiary/aromatic N) is 2. The summed E-state index contributed by atoms with van der Waals surface area (Å²) in [6, 6.07) is 16.7. The van der Waals surface area contributed by atoms with Crippen molar-refractivity contribution >= 4 is 33.3 Å². The zero-order chi connectivity index (χ0) is 14.9. The second-order valence-electron chi connectivity index (χ2n) is 5.30. The number of H-pyrrole nitrogens is 1. The van der Waals surface area contributed by atoms with E-state index in [4.69, 9.17) is 0 Å². The van der Waals surface area contributed by atoms with Crippen LogP contribution in [0.3, 0.4) is 0 Å². The van der Waals surface area contributed by atoms with Crippen LogP contribution in [0.25, 0.3) is 21.8 Å². The Morgan fingerprint density at radius 2 is 2.05 bits per heavy atom. The predicted octanol–water partition coefficient (Wildman–Crippen LogP) is 4.42. The highest BCUT2D eigenvalue weighted by Crippen LogP contribution is 2.26. The molecule has 108 valence electrons. The Kier molecular flexibility index (Phi) is 3.00. The smallest absolute Gasteiger partial charge is 0.178 e. The van der Waals surface area contributed by atoms with E-state index in [-0.39, 0.29) is 0 Å². The Balaban J connectivity index is 1.75. The lowest BCUT2D eigenvalue weighted by Crippen LogP contribution is -1.92. The lowest BCUT2D eigenvalue weighted by molar-refractivity contribution is 1.12. The molecule has 0 bridgehead atoms. The van der Waals surface area contributed by atoms with Gasteiger partial charge in [0.1, 0.15) is 5.52 Å². The van der Waals surface area contributed by atoms with Crippen LogP contribution in [0.1, 0.15) is 12.5 Å². The second-order valence-corrected chi connectivity index (χ2v) is 5.30. The van der Waals surface area contributed by atoms with E-state index in [1.165, 1.54) is 16.3 Å². The number of anilines is 2. The van der Waals surface area contributed by atoms with Gasteiger partial charge in [-0.1, -0.05) is 31.2 Å². The molecule has 2 aromatic carbocycles. The number of aryl methyl sites for hydroxylation is 1. The number of benzene rings is 2. The zero-order valence-electron chi connectivity index (χ0n) is 12.3. The summed E-state index contributed by atoms with van der Waals surface area (Å²) in [6.07, 6.45) is 2.81. The van der Waals surface area contributed by atoms with Crippen LogP contribution in [0, 0.1) is 0 Å². The van der Waals surface area contributed by atoms with Gasteiger partial charge in [0, 0.05) is 11.9 Å². The van der Waals surface area contributed by atoms with E-state index in [2.05, 4.69) is 63.8 Å². The van der Waals surface area contributed by atoms with Crippen LogP contribution in [0.2, 0.25) is 0 Å². The molecule has 4 nitrogen and oxygen atoms in total. The third-order valence-corrected chi connectivity index (χ3v) is 3.93. The van der Waals surface area contributed by atoms with E-state index in [0.29, 0.717) is 0 Å². The first-order valence-corrected chi connectivity index (χ1v) is 7.43. The molecule has 4 heteroatoms. The maximum Gasteiger partial charge on any atom is 0.178 e. The summed E-state index contributed by atoms with van der Waals surface area (Å²) in [6.45, 7) is 2.18. The number of fused-ring (bicyclic) bond motifs is 2. The quantitative estimate of drug-likeness (QED) is 0.587. The molecule has 0 aliphatic rings. The highest BCUT2D eigenvalue weighted by molar-refractivity contribution is 5.91. The molecule has 0 radical (unpaired) electrons. The molecule has 0 aliphatic heterocycles. The van der Waals surface area contributed by atoms with Crippen LogP contribution in [0.15, 0.2) is 54.7 Å². The minimum absolute atomic E-state index is 0.751. The summed E-state index contributed by atoms with van der Waals surface area (Å²) in [5, 5.41) is 13.2. The third-order valence-electron chi connectivity index (χ3n) is 3.93. The third kappa shape index (κ3) is 2.09. The van der Waals surface area contributed by atoms with Crippen molar-refractivity contribution in [3.8, 4) is 0 Å². The summed E-state index contributed by atoms with van der Waals surface area (Å²) < 4.78 is 0. The van der Waals surface area contributed by atoms with Gasteiger partial charge in [0.15, 0.2) is 5.82 Å². The maximum atomic E-state index is 4.37. The molecule has 2 N–H and O–H groups in total. The number of aromatic nitrogens is 3. The first-order chi connectivity index (χ1) is 10.8. The number of nitrogens with one attached hydrogen (secondary N) is 2. The molecule has 0 saturated carbocycles. The fraction of sp³-hybridized carbons (Fsp3) is 0.111. The van der Waals surface area contributed by atoms with Gasteiger partial charge in [0.05, 0.1) is 5.52 Å². The van der Waals surface area contributed by atoms with Crippen molar-refractivity contribution in [3.63, 3.8) is 0 Å². The molecule has 2 aromatic heterocycles. The first-order valence-electron chi connectivity index (χ1n) is 7.43. The predicted molar refractivity (Wildman–Crippen MR) is 90.5 cm³/mol. The Labute approximate surface area is 128 Å². The van der Waals surface area contributed by atoms with Crippen molar-refractivity contribution in [1.29, 1.82) is 0 Å². The normalized spacial score (nSPS) is 11.1. The van der Waals surface area contributed by atoms with E-state index in [1.807, 2.05) is 12.1 Å². The van der Waals surface area contributed by atoms with E-state index in [9.17, 15) is 0 Å². The summed E-state index contributed by atoms with van der Waals surface area (Å²) >= 11 is 0. The van der Waals surface area contributed by atoms with Crippen molar-refractivity contribution in [2.75, 3.05) is 5.32 Å². The number of aromatic amines is 1. The van der Waals surface area contributed by atoms with Crippen LogP contribution in [-0.2, 0) is 6.42 Å². The summed E-state index contributed by atoms with van der Waals surface area (Å²) in [4.78, 5) is 4.37. The molecular weight excluding hydrogens is 272 g/mol. The monoisotopic (exact) mass is 288 g/mol. The van der Waals surface area contributed by atoms with Crippen molar-refractivity contribution < 1.29 is 0 Å². The molecule has 4 rings (SSSR count). The molecular formula is C18H16N4. The zero-order valence-corrected chi connectivity index (χ0v) is 12.3. The van der Waals surface area contributed by atoms with Crippen molar-refractivity contribution in [1.82, 2.24) is 15.2 Å². The van der Waals surface area contributed by atoms with Gasteiger partial charge in [0.25, 0.3) is 0 Å². The lowest BCUT2D eigenvalue weighted by atomic mass is 10.0. The standard InChI is InChI=1S/C18H16N4/c1-2-12-5-3-6-13-11-14(8-9-15(12)13)20-18-17-16(21-22-18)7-4-10-19-17/h3-11H,2H2,1H3,(H2,20,21,22). The van der Waals surface area contributed by atoms with Gasteiger partial charge >= 0.3 is 0 Å². The van der Waals surface area contributed by atoms with Crippen LogP contribution in [-0.4, -0.2) is 15.2 Å². The summed E-state index contributed by atoms with van der Waals surface area (Å²) in [7, 11) is 0. The topological polar surface area (TPSA) is 53.6 Å². The Bertz CT molecular complexity index is 956. The highest BCUT2D eigenvalue weighted by Gasteiger charge is 2.07. The van der Waals surface area contributed by atoms with Gasteiger partial charge in [-0.2, -0.15) is 5.10 Å². The van der Waals surface area contributed by atoms with E-state index >= 15 is 0 Å². The fourth-order valence-electron chi connectivity index (χ4n) is 2.81. The van der Waals surface area contributed by atoms with Crippen LogP contribution >= 0.6 is 0 Å². The molecule has 22 heavy (non-hydrogen) atoms. The first kappa shape index (κ1) is 12.8.